The van der Waals surface area contributed by atoms with E-state index in [9.17, 15) is 9.18 Å². The number of halogens is 2. The van der Waals surface area contributed by atoms with Crippen molar-refractivity contribution in [3.8, 4) is 11.4 Å². The summed E-state index contributed by atoms with van der Waals surface area (Å²) in [4.78, 5) is 20.9. The fourth-order valence-electron chi connectivity index (χ4n) is 2.75. The minimum Gasteiger partial charge on any atom is -0.497 e. The number of aromatic nitrogens is 4. The molecule has 0 aliphatic carbocycles. The lowest BCUT2D eigenvalue weighted by Crippen LogP contribution is -2.14. The summed E-state index contributed by atoms with van der Waals surface area (Å²) in [5.41, 5.74) is 1.88. The first-order valence-electron chi connectivity index (χ1n) is 8.76. The third-order valence-corrected chi connectivity index (χ3v) is 5.48. The Bertz CT molecular complexity index is 1220. The maximum absolute atomic E-state index is 13.2. The molecular formula is C20H15ClFN5O2S. The molecule has 152 valence electrons. The van der Waals surface area contributed by atoms with E-state index in [-0.39, 0.29) is 16.7 Å². The van der Waals surface area contributed by atoms with Crippen LogP contribution in [0.2, 0.25) is 5.02 Å². The van der Waals surface area contributed by atoms with Gasteiger partial charge in [0, 0.05) is 5.69 Å². The molecule has 0 unspecified atom stereocenters. The minimum atomic E-state index is -0.540. The van der Waals surface area contributed by atoms with Crippen molar-refractivity contribution in [2.75, 3.05) is 18.2 Å². The van der Waals surface area contributed by atoms with Gasteiger partial charge < -0.3 is 10.1 Å². The van der Waals surface area contributed by atoms with Gasteiger partial charge in [-0.1, -0.05) is 23.4 Å². The van der Waals surface area contributed by atoms with E-state index in [0.29, 0.717) is 16.4 Å². The van der Waals surface area contributed by atoms with Crippen LogP contribution in [0.15, 0.2) is 60.0 Å². The zero-order valence-electron chi connectivity index (χ0n) is 15.7. The Morgan fingerprint density at radius 2 is 2.03 bits per heavy atom. The van der Waals surface area contributed by atoms with Gasteiger partial charge in [-0.2, -0.15) is 5.10 Å². The molecule has 2 aromatic heterocycles. The smallest absolute Gasteiger partial charge is 0.234 e. The molecule has 2 heterocycles. The summed E-state index contributed by atoms with van der Waals surface area (Å²) >= 11 is 7.00. The van der Waals surface area contributed by atoms with Gasteiger partial charge in [0.25, 0.3) is 0 Å². The number of thioether (sulfide) groups is 1. The number of methoxy groups -OCH3 is 1. The Labute approximate surface area is 180 Å². The number of amides is 1. The number of ether oxygens (including phenoxy) is 1. The van der Waals surface area contributed by atoms with Crippen molar-refractivity contribution in [2.45, 2.75) is 5.03 Å². The van der Waals surface area contributed by atoms with E-state index in [1.165, 1.54) is 36.3 Å². The molecule has 7 nitrogen and oxygen atoms in total. The van der Waals surface area contributed by atoms with Crippen molar-refractivity contribution in [2.24, 2.45) is 0 Å². The summed E-state index contributed by atoms with van der Waals surface area (Å²) in [6, 6.07) is 11.4. The van der Waals surface area contributed by atoms with E-state index in [1.807, 2.05) is 24.3 Å². The fraction of sp³-hybridized carbons (Fsp3) is 0.100. The fourth-order valence-corrected chi connectivity index (χ4v) is 3.70. The highest BCUT2D eigenvalue weighted by Gasteiger charge is 2.13. The topological polar surface area (TPSA) is 81.9 Å². The number of nitrogens with one attached hydrogen (secondary N) is 1. The highest BCUT2D eigenvalue weighted by atomic mass is 35.5. The zero-order valence-corrected chi connectivity index (χ0v) is 17.2. The average Bonchev–Trinajstić information content (AvgIpc) is 3.20. The van der Waals surface area contributed by atoms with E-state index < -0.39 is 5.82 Å². The highest BCUT2D eigenvalue weighted by Crippen LogP contribution is 2.27. The van der Waals surface area contributed by atoms with Crippen LogP contribution in [0.25, 0.3) is 16.7 Å². The van der Waals surface area contributed by atoms with Crippen LogP contribution >= 0.6 is 23.4 Å². The summed E-state index contributed by atoms with van der Waals surface area (Å²) in [5.74, 6) is 0.0438. The van der Waals surface area contributed by atoms with E-state index >= 15 is 0 Å². The average molecular weight is 444 g/mol. The molecule has 2 aromatic carbocycles. The third-order valence-electron chi connectivity index (χ3n) is 4.19. The van der Waals surface area contributed by atoms with Crippen molar-refractivity contribution in [3.63, 3.8) is 0 Å². The first-order valence-corrected chi connectivity index (χ1v) is 10.1. The summed E-state index contributed by atoms with van der Waals surface area (Å²) in [6.07, 6.45) is 3.10. The van der Waals surface area contributed by atoms with E-state index in [0.717, 1.165) is 16.8 Å². The van der Waals surface area contributed by atoms with Crippen LogP contribution in [0.4, 0.5) is 10.1 Å². The lowest BCUT2D eigenvalue weighted by atomic mass is 10.3. The van der Waals surface area contributed by atoms with Crippen LogP contribution < -0.4 is 10.1 Å². The molecule has 1 amide bonds. The molecule has 30 heavy (non-hydrogen) atoms. The Kier molecular flexibility index (Phi) is 5.82. The van der Waals surface area contributed by atoms with E-state index in [2.05, 4.69) is 20.4 Å². The SMILES string of the molecule is COc1ccc(-n2ncc3c(SCC(=O)Nc4ccc(F)c(Cl)c4)ncnc32)cc1. The van der Waals surface area contributed by atoms with E-state index in [4.69, 9.17) is 16.3 Å². The van der Waals surface area contributed by atoms with Gasteiger partial charge in [-0.05, 0) is 42.5 Å². The quantitative estimate of drug-likeness (QED) is 0.352. The lowest BCUT2D eigenvalue weighted by Gasteiger charge is -2.07. The van der Waals surface area contributed by atoms with Crippen molar-refractivity contribution < 1.29 is 13.9 Å². The normalized spacial score (nSPS) is 10.9. The molecule has 0 radical (unpaired) electrons. The molecule has 1 N–H and O–H groups in total. The van der Waals surface area contributed by atoms with Crippen molar-refractivity contribution >= 4 is 46.0 Å². The number of benzene rings is 2. The predicted octanol–water partition coefficient (Wildman–Crippen LogP) is 4.35. The first kappa shape index (κ1) is 20.1. The van der Waals surface area contributed by atoms with Gasteiger partial charge in [0.2, 0.25) is 5.91 Å². The molecule has 0 fully saturated rings. The van der Waals surface area contributed by atoms with Gasteiger partial charge in [0.15, 0.2) is 5.65 Å². The van der Waals surface area contributed by atoms with E-state index in [1.54, 1.807) is 18.0 Å². The molecule has 0 aliphatic heterocycles. The second-order valence-electron chi connectivity index (χ2n) is 6.14. The second kappa shape index (κ2) is 8.68. The first-order chi connectivity index (χ1) is 14.5. The Balaban J connectivity index is 1.50. The maximum Gasteiger partial charge on any atom is 0.234 e. The molecule has 0 saturated carbocycles. The molecule has 0 bridgehead atoms. The van der Waals surface area contributed by atoms with Crippen molar-refractivity contribution in [1.82, 2.24) is 19.7 Å². The number of anilines is 1. The summed E-state index contributed by atoms with van der Waals surface area (Å²) in [7, 11) is 1.61. The monoisotopic (exact) mass is 443 g/mol. The van der Waals surface area contributed by atoms with Gasteiger partial charge in [0.05, 0.1) is 35.2 Å². The molecule has 0 saturated heterocycles. The largest absolute Gasteiger partial charge is 0.497 e. The number of carbonyl (C=O) groups is 1. The van der Waals surface area contributed by atoms with Gasteiger partial charge in [0.1, 0.15) is 22.9 Å². The predicted molar refractivity (Wildman–Crippen MR) is 114 cm³/mol. The maximum atomic E-state index is 13.2. The molecule has 4 rings (SSSR count). The standard InChI is InChI=1S/C20H15ClFN5O2S/c1-29-14-5-3-13(4-6-14)27-19-15(9-25-27)20(24-11-23-19)30-10-18(28)26-12-2-7-17(22)16(21)8-12/h2-9,11H,10H2,1H3,(H,26,28). The van der Waals surface area contributed by atoms with Crippen LogP contribution in [0.3, 0.4) is 0 Å². The Morgan fingerprint density at radius 3 is 2.77 bits per heavy atom. The van der Waals surface area contributed by atoms with Gasteiger partial charge in [-0.25, -0.2) is 19.0 Å². The summed E-state index contributed by atoms with van der Waals surface area (Å²) < 4.78 is 20.1. The van der Waals surface area contributed by atoms with Gasteiger partial charge in [-0.3, -0.25) is 4.79 Å². The van der Waals surface area contributed by atoms with Crippen molar-refractivity contribution in [1.29, 1.82) is 0 Å². The number of fused-ring (bicyclic) bond motifs is 1. The van der Waals surface area contributed by atoms with Gasteiger partial charge >= 0.3 is 0 Å². The zero-order chi connectivity index (χ0) is 21.1. The van der Waals surface area contributed by atoms with Crippen molar-refractivity contribution in [3.05, 3.63) is 65.8 Å². The molecule has 4 aromatic rings. The molecule has 0 spiro atoms. The minimum absolute atomic E-state index is 0.0519. The number of rotatable bonds is 6. The molecular weight excluding hydrogens is 429 g/mol. The van der Waals surface area contributed by atoms with Crippen LogP contribution in [0.5, 0.6) is 5.75 Å². The highest BCUT2D eigenvalue weighted by molar-refractivity contribution is 8.00. The number of nitrogens with zero attached hydrogens (tertiary/aromatic N) is 4. The van der Waals surface area contributed by atoms with Gasteiger partial charge in [-0.15, -0.1) is 0 Å². The number of hydrogen-bond donors (Lipinski definition) is 1. The second-order valence-corrected chi connectivity index (χ2v) is 7.51. The van der Waals surface area contributed by atoms with Crippen LogP contribution in [0, 0.1) is 5.82 Å². The lowest BCUT2D eigenvalue weighted by molar-refractivity contribution is -0.113. The Morgan fingerprint density at radius 1 is 1.23 bits per heavy atom. The third kappa shape index (κ3) is 4.22. The van der Waals surface area contributed by atoms with Crippen LogP contribution in [-0.4, -0.2) is 38.5 Å². The number of carbonyl (C=O) groups excluding carboxylic acids is 1. The molecule has 0 aliphatic rings. The molecule has 0 atom stereocenters. The number of hydrogen-bond acceptors (Lipinski definition) is 6. The summed E-state index contributed by atoms with van der Waals surface area (Å²) in [6.45, 7) is 0. The van der Waals surface area contributed by atoms with Crippen LogP contribution in [-0.2, 0) is 4.79 Å². The van der Waals surface area contributed by atoms with Crippen LogP contribution in [0.1, 0.15) is 0 Å². The Hall–Kier alpha value is -3.17. The summed E-state index contributed by atoms with van der Waals surface area (Å²) in [5, 5.41) is 8.40. The molecule has 10 heteroatoms.